The topological polar surface area (TPSA) is 74.5 Å². The Balaban J connectivity index is 1.78. The number of halogens is 1. The van der Waals surface area contributed by atoms with Crippen molar-refractivity contribution in [1.82, 2.24) is 10.1 Å². The van der Waals surface area contributed by atoms with Crippen LogP contribution in [0.1, 0.15) is 39.2 Å². The van der Waals surface area contributed by atoms with Gasteiger partial charge in [0.25, 0.3) is 5.89 Å². The Labute approximate surface area is 181 Å². The van der Waals surface area contributed by atoms with E-state index in [2.05, 4.69) is 10.1 Å². The number of carbonyl (C=O) groups is 1. The molecule has 0 saturated carbocycles. The van der Waals surface area contributed by atoms with E-state index in [1.165, 1.54) is 7.11 Å². The molecule has 0 bridgehead atoms. The lowest BCUT2D eigenvalue weighted by Gasteiger charge is -2.18. The summed E-state index contributed by atoms with van der Waals surface area (Å²) < 4.78 is 15.9. The van der Waals surface area contributed by atoms with Crippen LogP contribution >= 0.6 is 11.6 Å². The van der Waals surface area contributed by atoms with E-state index in [9.17, 15) is 4.79 Å². The summed E-state index contributed by atoms with van der Waals surface area (Å²) >= 11 is 6.31. The van der Waals surface area contributed by atoms with E-state index < -0.39 is 0 Å². The zero-order valence-corrected chi connectivity index (χ0v) is 18.4. The largest absolute Gasteiger partial charge is 0.489 e. The van der Waals surface area contributed by atoms with Gasteiger partial charge in [-0.3, -0.25) is 4.79 Å². The van der Waals surface area contributed by atoms with Crippen LogP contribution in [0.15, 0.2) is 47.0 Å². The summed E-state index contributed by atoms with van der Waals surface area (Å²) in [4.78, 5) is 16.3. The molecular formula is C23H25ClN2O4. The summed E-state index contributed by atoms with van der Waals surface area (Å²) in [5.74, 6) is 1.03. The van der Waals surface area contributed by atoms with E-state index in [4.69, 9.17) is 25.6 Å². The number of carbonyl (C=O) groups excluding carboxylic acids is 1. The molecule has 3 rings (SSSR count). The zero-order chi connectivity index (χ0) is 21.8. The van der Waals surface area contributed by atoms with Crippen LogP contribution in [0.5, 0.6) is 5.75 Å². The molecule has 0 fully saturated rings. The summed E-state index contributed by atoms with van der Waals surface area (Å²) in [6, 6.07) is 13.1. The van der Waals surface area contributed by atoms with Gasteiger partial charge in [-0.2, -0.15) is 4.98 Å². The minimum atomic E-state index is -0.233. The second kappa shape index (κ2) is 9.30. The summed E-state index contributed by atoms with van der Waals surface area (Å²) in [5.41, 5.74) is 2.56. The number of hydrogen-bond donors (Lipinski definition) is 0. The Morgan fingerprint density at radius 2 is 1.70 bits per heavy atom. The predicted molar refractivity (Wildman–Crippen MR) is 116 cm³/mol. The van der Waals surface area contributed by atoms with Crippen molar-refractivity contribution in [3.63, 3.8) is 0 Å². The SMILES string of the molecule is COC(=O)[C@H](C)C(C)c1ccc(-c2nc(-c3ccc(OC(C)C)c(Cl)c3)no2)cc1. The van der Waals surface area contributed by atoms with E-state index in [1.54, 1.807) is 12.1 Å². The van der Waals surface area contributed by atoms with Crippen LogP contribution in [0.25, 0.3) is 22.8 Å². The molecule has 1 heterocycles. The minimum absolute atomic E-state index is 0.0264. The second-order valence-electron chi connectivity index (χ2n) is 7.46. The summed E-state index contributed by atoms with van der Waals surface area (Å²) in [6.45, 7) is 7.74. The normalized spacial score (nSPS) is 13.2. The van der Waals surface area contributed by atoms with E-state index in [1.807, 2.05) is 58.0 Å². The van der Waals surface area contributed by atoms with Crippen molar-refractivity contribution in [3.8, 4) is 28.6 Å². The van der Waals surface area contributed by atoms with Crippen molar-refractivity contribution in [2.75, 3.05) is 7.11 Å². The molecule has 0 aliphatic rings. The van der Waals surface area contributed by atoms with Crippen LogP contribution in [-0.4, -0.2) is 29.3 Å². The summed E-state index contributed by atoms with van der Waals surface area (Å²) in [6.07, 6.45) is 0.0337. The predicted octanol–water partition coefficient (Wildman–Crippen LogP) is 5.76. The van der Waals surface area contributed by atoms with Gasteiger partial charge in [0.1, 0.15) is 5.75 Å². The van der Waals surface area contributed by atoms with Crippen LogP contribution in [0, 0.1) is 5.92 Å². The first-order chi connectivity index (χ1) is 14.3. The van der Waals surface area contributed by atoms with Gasteiger partial charge in [-0.15, -0.1) is 0 Å². The Morgan fingerprint density at radius 1 is 1.03 bits per heavy atom. The van der Waals surface area contributed by atoms with Crippen molar-refractivity contribution in [3.05, 3.63) is 53.1 Å². The number of hydrogen-bond acceptors (Lipinski definition) is 6. The highest BCUT2D eigenvalue weighted by Gasteiger charge is 2.22. The molecule has 0 aliphatic heterocycles. The molecule has 2 atom stereocenters. The highest BCUT2D eigenvalue weighted by Crippen LogP contribution is 2.32. The molecule has 0 spiro atoms. The van der Waals surface area contributed by atoms with Gasteiger partial charge in [0, 0.05) is 11.1 Å². The van der Waals surface area contributed by atoms with Crippen molar-refractivity contribution in [2.24, 2.45) is 5.92 Å². The Hall–Kier alpha value is -2.86. The number of benzene rings is 2. The second-order valence-corrected chi connectivity index (χ2v) is 7.86. The molecular weight excluding hydrogens is 404 g/mol. The first-order valence-corrected chi connectivity index (χ1v) is 10.2. The molecule has 0 saturated heterocycles. The van der Waals surface area contributed by atoms with Crippen LogP contribution in [0.2, 0.25) is 5.02 Å². The quantitative estimate of drug-likeness (QED) is 0.445. The number of methoxy groups -OCH3 is 1. The highest BCUT2D eigenvalue weighted by molar-refractivity contribution is 6.32. The molecule has 158 valence electrons. The fourth-order valence-electron chi connectivity index (χ4n) is 3.06. The third kappa shape index (κ3) is 4.82. The van der Waals surface area contributed by atoms with Gasteiger partial charge in [0.2, 0.25) is 5.82 Å². The average molecular weight is 429 g/mol. The van der Waals surface area contributed by atoms with Gasteiger partial charge >= 0.3 is 5.97 Å². The Kier molecular flexibility index (Phi) is 6.77. The van der Waals surface area contributed by atoms with E-state index in [0.29, 0.717) is 22.5 Å². The van der Waals surface area contributed by atoms with Gasteiger partial charge < -0.3 is 14.0 Å². The molecule has 30 heavy (non-hydrogen) atoms. The summed E-state index contributed by atoms with van der Waals surface area (Å²) in [7, 11) is 1.40. The molecule has 1 aromatic heterocycles. The number of esters is 1. The van der Waals surface area contributed by atoms with Crippen LogP contribution in [0.4, 0.5) is 0 Å². The zero-order valence-electron chi connectivity index (χ0n) is 17.7. The monoisotopic (exact) mass is 428 g/mol. The highest BCUT2D eigenvalue weighted by atomic mass is 35.5. The van der Waals surface area contributed by atoms with Crippen LogP contribution in [-0.2, 0) is 9.53 Å². The molecule has 2 aromatic carbocycles. The van der Waals surface area contributed by atoms with Crippen molar-refractivity contribution >= 4 is 17.6 Å². The molecule has 0 radical (unpaired) electrons. The van der Waals surface area contributed by atoms with Crippen molar-refractivity contribution in [2.45, 2.75) is 39.7 Å². The molecule has 7 heteroatoms. The first kappa shape index (κ1) is 21.8. The minimum Gasteiger partial charge on any atom is -0.489 e. The smallest absolute Gasteiger partial charge is 0.308 e. The fraction of sp³-hybridized carbons (Fsp3) is 0.348. The van der Waals surface area contributed by atoms with E-state index in [0.717, 1.165) is 16.7 Å². The maximum absolute atomic E-state index is 11.8. The molecule has 3 aromatic rings. The summed E-state index contributed by atoms with van der Waals surface area (Å²) in [5, 5.41) is 4.56. The Morgan fingerprint density at radius 3 is 2.30 bits per heavy atom. The maximum Gasteiger partial charge on any atom is 0.308 e. The molecule has 0 amide bonds. The van der Waals surface area contributed by atoms with Gasteiger partial charge in [0.15, 0.2) is 0 Å². The standard InChI is InChI=1S/C23H25ClN2O4/c1-13(2)29-20-11-10-18(12-19(20)24)21-25-22(30-26-21)17-8-6-16(7-9-17)14(3)15(4)23(27)28-5/h6-15H,1-5H3/t14?,15-/m1/s1. The van der Waals surface area contributed by atoms with Gasteiger partial charge in [-0.1, -0.05) is 42.7 Å². The van der Waals surface area contributed by atoms with Gasteiger partial charge in [0.05, 0.1) is 24.2 Å². The lowest BCUT2D eigenvalue weighted by Crippen LogP contribution is -2.18. The molecule has 0 N–H and O–H groups in total. The third-order valence-corrected chi connectivity index (χ3v) is 5.28. The lowest BCUT2D eigenvalue weighted by atomic mass is 9.88. The molecule has 0 aliphatic carbocycles. The average Bonchev–Trinajstić information content (AvgIpc) is 3.23. The lowest BCUT2D eigenvalue weighted by molar-refractivity contribution is -0.145. The van der Waals surface area contributed by atoms with Crippen LogP contribution in [0.3, 0.4) is 0 Å². The van der Waals surface area contributed by atoms with Gasteiger partial charge in [-0.05, 0) is 55.7 Å². The third-order valence-electron chi connectivity index (χ3n) is 4.99. The van der Waals surface area contributed by atoms with E-state index >= 15 is 0 Å². The van der Waals surface area contributed by atoms with Gasteiger partial charge in [-0.25, -0.2) is 0 Å². The Bertz CT molecular complexity index is 1010. The number of rotatable bonds is 7. The van der Waals surface area contributed by atoms with Crippen molar-refractivity contribution in [1.29, 1.82) is 0 Å². The fourth-order valence-corrected chi connectivity index (χ4v) is 3.28. The molecule has 1 unspecified atom stereocenters. The van der Waals surface area contributed by atoms with Crippen LogP contribution < -0.4 is 4.74 Å². The maximum atomic E-state index is 11.8. The molecule has 6 nitrogen and oxygen atoms in total. The number of nitrogens with zero attached hydrogens (tertiary/aromatic N) is 2. The number of ether oxygens (including phenoxy) is 2. The first-order valence-electron chi connectivity index (χ1n) is 9.78. The number of aromatic nitrogens is 2. The van der Waals surface area contributed by atoms with Crippen molar-refractivity contribution < 1.29 is 18.8 Å². The van der Waals surface area contributed by atoms with E-state index in [-0.39, 0.29) is 23.9 Å².